The molecular weight excluding hydrogens is 420 g/mol. The van der Waals surface area contributed by atoms with Crippen LogP contribution in [0.4, 0.5) is 0 Å². The summed E-state index contributed by atoms with van der Waals surface area (Å²) in [5.74, 6) is -0.564. The first-order valence-corrected chi connectivity index (χ1v) is 11.7. The molecule has 0 aliphatic heterocycles. The van der Waals surface area contributed by atoms with Crippen LogP contribution in [-0.4, -0.2) is 33.0 Å². The van der Waals surface area contributed by atoms with Gasteiger partial charge in [-0.2, -0.15) is 0 Å². The van der Waals surface area contributed by atoms with Crippen molar-refractivity contribution in [3.63, 3.8) is 0 Å². The zero-order valence-corrected chi connectivity index (χ0v) is 19.0. The summed E-state index contributed by atoms with van der Waals surface area (Å²) in [5, 5.41) is 0.923. The first-order chi connectivity index (χ1) is 14.2. The van der Waals surface area contributed by atoms with Crippen molar-refractivity contribution in [1.29, 1.82) is 0 Å². The highest BCUT2D eigenvalue weighted by Gasteiger charge is 2.19. The molecule has 0 aliphatic carbocycles. The monoisotopic (exact) mass is 444 g/mol. The second-order valence-corrected chi connectivity index (χ2v) is 9.97. The molecule has 0 amide bonds. The van der Waals surface area contributed by atoms with E-state index in [1.165, 1.54) is 24.8 Å². The van der Waals surface area contributed by atoms with Crippen LogP contribution < -0.4 is 4.72 Å². The van der Waals surface area contributed by atoms with E-state index in [9.17, 15) is 13.2 Å². The number of hydrogen-bond donors (Lipinski definition) is 1. The molecule has 0 saturated carbocycles. The molecule has 8 heteroatoms. The van der Waals surface area contributed by atoms with Gasteiger partial charge in [-0.15, -0.1) is 11.3 Å². The van der Waals surface area contributed by atoms with E-state index in [0.29, 0.717) is 12.0 Å². The largest absolute Gasteiger partial charge is 0.465 e. The predicted octanol–water partition coefficient (Wildman–Crippen LogP) is 4.04. The number of nitrogens with zero attached hydrogens (tertiary/aromatic N) is 1. The van der Waals surface area contributed by atoms with Crippen LogP contribution in [0.3, 0.4) is 0 Å². The molecule has 0 aliphatic rings. The maximum atomic E-state index is 12.7. The van der Waals surface area contributed by atoms with Gasteiger partial charge in [0, 0.05) is 23.4 Å². The number of thiazole rings is 1. The number of aromatic nitrogens is 1. The van der Waals surface area contributed by atoms with E-state index < -0.39 is 16.0 Å². The molecule has 0 saturated heterocycles. The van der Waals surface area contributed by atoms with Gasteiger partial charge in [0.15, 0.2) is 0 Å². The Balaban J connectivity index is 1.70. The first-order valence-electron chi connectivity index (χ1n) is 9.43. The molecule has 0 radical (unpaired) electrons. The van der Waals surface area contributed by atoms with E-state index in [-0.39, 0.29) is 17.0 Å². The summed E-state index contributed by atoms with van der Waals surface area (Å²) in [6.07, 6.45) is 0.475. The molecule has 0 fully saturated rings. The summed E-state index contributed by atoms with van der Waals surface area (Å²) in [4.78, 5) is 17.6. The number of esters is 1. The van der Waals surface area contributed by atoms with Crippen LogP contribution in [0.1, 0.15) is 32.1 Å². The van der Waals surface area contributed by atoms with Gasteiger partial charge in [0.05, 0.1) is 23.3 Å². The zero-order valence-electron chi connectivity index (χ0n) is 17.4. The van der Waals surface area contributed by atoms with Crippen LogP contribution >= 0.6 is 11.3 Å². The second-order valence-electron chi connectivity index (χ2n) is 7.00. The van der Waals surface area contributed by atoms with Gasteiger partial charge >= 0.3 is 5.97 Å². The summed E-state index contributed by atoms with van der Waals surface area (Å²) >= 11 is 1.60. The molecule has 0 atom stereocenters. The van der Waals surface area contributed by atoms with Gasteiger partial charge in [0.1, 0.15) is 5.01 Å². The molecule has 6 nitrogen and oxygen atoms in total. The fourth-order valence-corrected chi connectivity index (χ4v) is 4.99. The lowest BCUT2D eigenvalue weighted by atomic mass is 10.1. The Labute approximate surface area is 181 Å². The van der Waals surface area contributed by atoms with Crippen molar-refractivity contribution in [3.8, 4) is 10.6 Å². The number of hydrogen-bond acceptors (Lipinski definition) is 6. The number of ether oxygens (including phenoxy) is 1. The Kier molecular flexibility index (Phi) is 6.70. The third-order valence-corrected chi connectivity index (χ3v) is 7.29. The Bertz CT molecular complexity index is 1170. The van der Waals surface area contributed by atoms with Crippen molar-refractivity contribution in [2.75, 3.05) is 13.7 Å². The van der Waals surface area contributed by atoms with Crippen LogP contribution in [0.2, 0.25) is 0 Å². The molecule has 3 rings (SSSR count). The smallest absolute Gasteiger partial charge is 0.338 e. The van der Waals surface area contributed by atoms with Crippen molar-refractivity contribution in [2.24, 2.45) is 0 Å². The van der Waals surface area contributed by atoms with Crippen molar-refractivity contribution >= 4 is 27.3 Å². The van der Waals surface area contributed by atoms with Gasteiger partial charge in [-0.05, 0) is 38.5 Å². The van der Waals surface area contributed by atoms with Gasteiger partial charge in [0.2, 0.25) is 10.0 Å². The minimum Gasteiger partial charge on any atom is -0.465 e. The predicted molar refractivity (Wildman–Crippen MR) is 118 cm³/mol. The molecule has 1 heterocycles. The van der Waals surface area contributed by atoms with E-state index >= 15 is 0 Å². The molecule has 30 heavy (non-hydrogen) atoms. The van der Waals surface area contributed by atoms with E-state index in [0.717, 1.165) is 21.1 Å². The Morgan fingerprint density at radius 3 is 2.47 bits per heavy atom. The minimum absolute atomic E-state index is 0.0313. The summed E-state index contributed by atoms with van der Waals surface area (Å²) in [6, 6.07) is 12.6. The summed E-state index contributed by atoms with van der Waals surface area (Å²) in [6.45, 7) is 5.97. The Morgan fingerprint density at radius 2 is 1.80 bits per heavy atom. The van der Waals surface area contributed by atoms with E-state index in [2.05, 4.69) is 9.71 Å². The summed E-state index contributed by atoms with van der Waals surface area (Å²) < 4.78 is 32.6. The van der Waals surface area contributed by atoms with E-state index in [1.54, 1.807) is 24.3 Å². The Hall–Kier alpha value is -2.55. The lowest BCUT2D eigenvalue weighted by molar-refractivity contribution is 0.0599. The number of aryl methyl sites for hydroxylation is 3. The summed E-state index contributed by atoms with van der Waals surface area (Å²) in [7, 11) is -2.49. The molecule has 0 unspecified atom stereocenters. The van der Waals surface area contributed by atoms with Gasteiger partial charge in [-0.3, -0.25) is 0 Å². The van der Waals surface area contributed by atoms with Crippen LogP contribution in [-0.2, 0) is 21.2 Å². The second kappa shape index (κ2) is 9.07. The number of rotatable bonds is 7. The van der Waals surface area contributed by atoms with Crippen LogP contribution in [0.15, 0.2) is 47.4 Å². The third kappa shape index (κ3) is 4.95. The fraction of sp³-hybridized carbons (Fsp3) is 0.273. The molecule has 158 valence electrons. The number of sulfonamides is 1. The molecule has 2 aromatic carbocycles. The fourth-order valence-electron chi connectivity index (χ4n) is 2.96. The number of carbonyl (C=O) groups is 1. The van der Waals surface area contributed by atoms with E-state index in [4.69, 9.17) is 4.74 Å². The highest BCUT2D eigenvalue weighted by atomic mass is 32.2. The Morgan fingerprint density at radius 1 is 1.10 bits per heavy atom. The quantitative estimate of drug-likeness (QED) is 0.556. The van der Waals surface area contributed by atoms with Gasteiger partial charge in [-0.25, -0.2) is 22.9 Å². The standard InChI is InChI=1S/C22H24N2O4S2/c1-14-5-8-17(9-6-14)21-24-20(16(3)29-21)11-12-23-30(26,27)18-10-7-15(2)19(13-18)22(25)28-4/h5-10,13,23H,11-12H2,1-4H3. The van der Waals surface area contributed by atoms with Gasteiger partial charge < -0.3 is 4.74 Å². The SMILES string of the molecule is COC(=O)c1cc(S(=O)(=O)NCCc2nc(-c3ccc(C)cc3)sc2C)ccc1C. The number of carbonyl (C=O) groups excluding carboxylic acids is 1. The van der Waals surface area contributed by atoms with Crippen molar-refractivity contribution < 1.29 is 17.9 Å². The number of methoxy groups -OCH3 is 1. The summed E-state index contributed by atoms with van der Waals surface area (Å²) in [5.41, 5.74) is 4.00. The molecule has 0 bridgehead atoms. The first kappa shape index (κ1) is 22.1. The highest BCUT2D eigenvalue weighted by Crippen LogP contribution is 2.28. The lowest BCUT2D eigenvalue weighted by Gasteiger charge is -2.09. The van der Waals surface area contributed by atoms with Crippen LogP contribution in [0.5, 0.6) is 0 Å². The van der Waals surface area contributed by atoms with Crippen molar-refractivity contribution in [1.82, 2.24) is 9.71 Å². The maximum Gasteiger partial charge on any atom is 0.338 e. The molecule has 3 aromatic rings. The average molecular weight is 445 g/mol. The normalized spacial score (nSPS) is 11.5. The third-order valence-electron chi connectivity index (χ3n) is 4.77. The molecular formula is C22H24N2O4S2. The molecule has 0 spiro atoms. The zero-order chi connectivity index (χ0) is 21.9. The van der Waals surface area contributed by atoms with Gasteiger partial charge in [-0.1, -0.05) is 35.9 Å². The minimum atomic E-state index is -3.76. The van der Waals surface area contributed by atoms with Gasteiger partial charge in [0.25, 0.3) is 0 Å². The van der Waals surface area contributed by atoms with Crippen LogP contribution in [0, 0.1) is 20.8 Å². The number of nitrogens with one attached hydrogen (secondary N) is 1. The van der Waals surface area contributed by atoms with Crippen LogP contribution in [0.25, 0.3) is 10.6 Å². The molecule has 1 aromatic heterocycles. The van der Waals surface area contributed by atoms with Crippen molar-refractivity contribution in [3.05, 3.63) is 69.7 Å². The molecule has 1 N–H and O–H groups in total. The average Bonchev–Trinajstić information content (AvgIpc) is 3.08. The van der Waals surface area contributed by atoms with E-state index in [1.807, 2.05) is 38.1 Å². The maximum absolute atomic E-state index is 12.7. The topological polar surface area (TPSA) is 85.4 Å². The number of benzene rings is 2. The highest BCUT2D eigenvalue weighted by molar-refractivity contribution is 7.89. The lowest BCUT2D eigenvalue weighted by Crippen LogP contribution is -2.26. The van der Waals surface area contributed by atoms with Crippen molar-refractivity contribution in [2.45, 2.75) is 32.1 Å².